The van der Waals surface area contributed by atoms with Crippen molar-refractivity contribution in [2.24, 2.45) is 0 Å². The number of aromatic carboxylic acids is 1. The molecule has 0 aliphatic carbocycles. The van der Waals surface area contributed by atoms with Crippen molar-refractivity contribution in [2.75, 3.05) is 0 Å². The second-order valence-corrected chi connectivity index (χ2v) is 4.23. The van der Waals surface area contributed by atoms with Crippen LogP contribution in [0.2, 0.25) is 10.0 Å². The third-order valence-corrected chi connectivity index (χ3v) is 2.60. The number of aromatic nitrogens is 1. The van der Waals surface area contributed by atoms with Gasteiger partial charge in [0.05, 0.1) is 11.2 Å². The smallest absolute Gasteiger partial charge is 0.339 e. The highest BCUT2D eigenvalue weighted by molar-refractivity contribution is 6.36. The molecule has 0 atom stereocenters. The fourth-order valence-corrected chi connectivity index (χ4v) is 1.87. The lowest BCUT2D eigenvalue weighted by atomic mass is 10.2. The Morgan fingerprint density at radius 2 is 2.22 bits per heavy atom. The number of halogens is 2. The zero-order chi connectivity index (χ0) is 13.1. The van der Waals surface area contributed by atoms with Gasteiger partial charge in [-0.1, -0.05) is 28.4 Å². The van der Waals surface area contributed by atoms with Gasteiger partial charge in [-0.2, -0.15) is 0 Å². The Labute approximate surface area is 112 Å². The van der Waals surface area contributed by atoms with E-state index in [1.165, 1.54) is 24.6 Å². The molecule has 0 saturated heterocycles. The van der Waals surface area contributed by atoms with Crippen LogP contribution in [0.3, 0.4) is 0 Å². The van der Waals surface area contributed by atoms with Crippen LogP contribution in [-0.4, -0.2) is 16.2 Å². The second-order valence-electron chi connectivity index (χ2n) is 3.39. The maximum Gasteiger partial charge on any atom is 0.339 e. The van der Waals surface area contributed by atoms with Crippen LogP contribution in [0.25, 0.3) is 0 Å². The summed E-state index contributed by atoms with van der Waals surface area (Å²) in [6, 6.07) is 2.69. The van der Waals surface area contributed by atoms with Gasteiger partial charge in [-0.25, -0.2) is 4.79 Å². The van der Waals surface area contributed by atoms with Crippen LogP contribution in [0.4, 0.5) is 0 Å². The molecule has 18 heavy (non-hydrogen) atoms. The van der Waals surface area contributed by atoms with E-state index in [2.05, 4.69) is 9.68 Å². The number of carboxylic acid groups (broad SMARTS) is 1. The first-order valence-corrected chi connectivity index (χ1v) is 5.57. The number of hydrogen-bond donors (Lipinski definition) is 1. The SMILES string of the molecule is O=C(O)c1cc(Cl)cc(Cl)c1OCc1cnoc1. The molecule has 0 saturated carbocycles. The van der Waals surface area contributed by atoms with Crippen molar-refractivity contribution in [2.45, 2.75) is 6.61 Å². The molecule has 0 aliphatic heterocycles. The average molecular weight is 288 g/mol. The predicted molar refractivity (Wildman–Crippen MR) is 64.3 cm³/mol. The van der Waals surface area contributed by atoms with Crippen molar-refractivity contribution in [3.05, 3.63) is 45.8 Å². The Bertz CT molecular complexity index is 569. The molecule has 1 N–H and O–H groups in total. The summed E-state index contributed by atoms with van der Waals surface area (Å²) in [4.78, 5) is 11.1. The van der Waals surface area contributed by atoms with Crippen LogP contribution in [0.1, 0.15) is 15.9 Å². The molecule has 0 amide bonds. The fraction of sp³-hybridized carbons (Fsp3) is 0.0909. The van der Waals surface area contributed by atoms with Gasteiger partial charge in [0.1, 0.15) is 18.4 Å². The molecule has 0 aliphatic rings. The van der Waals surface area contributed by atoms with Gasteiger partial charge in [0.25, 0.3) is 0 Å². The highest BCUT2D eigenvalue weighted by atomic mass is 35.5. The molecule has 0 unspecified atom stereocenters. The van der Waals surface area contributed by atoms with Gasteiger partial charge in [-0.05, 0) is 12.1 Å². The number of hydrogen-bond acceptors (Lipinski definition) is 4. The van der Waals surface area contributed by atoms with Gasteiger partial charge in [0.2, 0.25) is 0 Å². The van der Waals surface area contributed by atoms with E-state index < -0.39 is 5.97 Å². The number of nitrogens with zero attached hydrogens (tertiary/aromatic N) is 1. The molecule has 7 heteroatoms. The third-order valence-electron chi connectivity index (χ3n) is 2.11. The lowest BCUT2D eigenvalue weighted by molar-refractivity contribution is 0.0692. The quantitative estimate of drug-likeness (QED) is 0.934. The average Bonchev–Trinajstić information content (AvgIpc) is 2.79. The van der Waals surface area contributed by atoms with E-state index in [4.69, 9.17) is 33.0 Å². The predicted octanol–water partition coefficient (Wildman–Crippen LogP) is 3.26. The van der Waals surface area contributed by atoms with E-state index in [1.807, 2.05) is 0 Å². The standard InChI is InChI=1S/C11H7Cl2NO4/c12-7-1-8(11(15)16)10(9(13)2-7)17-4-6-3-14-18-5-6/h1-3,5H,4H2,(H,15,16). The zero-order valence-electron chi connectivity index (χ0n) is 8.89. The summed E-state index contributed by atoms with van der Waals surface area (Å²) in [5, 5.41) is 12.9. The van der Waals surface area contributed by atoms with Gasteiger partial charge in [0, 0.05) is 10.6 Å². The van der Waals surface area contributed by atoms with Crippen LogP contribution in [0.15, 0.2) is 29.1 Å². The monoisotopic (exact) mass is 287 g/mol. The molecule has 5 nitrogen and oxygen atoms in total. The Morgan fingerprint density at radius 1 is 1.44 bits per heavy atom. The van der Waals surface area contributed by atoms with E-state index in [9.17, 15) is 4.79 Å². The number of carboxylic acids is 1. The normalized spacial score (nSPS) is 10.3. The molecule has 0 bridgehead atoms. The summed E-state index contributed by atoms with van der Waals surface area (Å²) in [5.41, 5.74) is 0.571. The Hall–Kier alpha value is -1.72. The number of benzene rings is 1. The summed E-state index contributed by atoms with van der Waals surface area (Å²) in [6.07, 6.45) is 2.86. The molecule has 2 aromatic rings. The van der Waals surface area contributed by atoms with Gasteiger partial charge < -0.3 is 14.4 Å². The second kappa shape index (κ2) is 5.29. The Kier molecular flexibility index (Phi) is 3.74. The van der Waals surface area contributed by atoms with Gasteiger partial charge >= 0.3 is 5.97 Å². The summed E-state index contributed by atoms with van der Waals surface area (Å²) >= 11 is 11.6. The molecule has 1 heterocycles. The molecule has 0 radical (unpaired) electrons. The number of ether oxygens (including phenoxy) is 1. The van der Waals surface area contributed by atoms with E-state index in [0.717, 1.165) is 0 Å². The highest BCUT2D eigenvalue weighted by Gasteiger charge is 2.16. The van der Waals surface area contributed by atoms with Gasteiger partial charge in [-0.3, -0.25) is 0 Å². The van der Waals surface area contributed by atoms with Crippen molar-refractivity contribution in [1.82, 2.24) is 5.16 Å². The van der Waals surface area contributed by atoms with Crippen LogP contribution < -0.4 is 4.74 Å². The molecule has 1 aromatic heterocycles. The molecule has 2 rings (SSSR count). The topological polar surface area (TPSA) is 72.6 Å². The largest absolute Gasteiger partial charge is 0.486 e. The summed E-state index contributed by atoms with van der Waals surface area (Å²) in [5.74, 6) is -1.10. The number of carbonyl (C=O) groups is 1. The van der Waals surface area contributed by atoms with Crippen LogP contribution in [0, 0.1) is 0 Å². The van der Waals surface area contributed by atoms with Crippen LogP contribution >= 0.6 is 23.2 Å². The molecule has 94 valence electrons. The highest BCUT2D eigenvalue weighted by Crippen LogP contribution is 2.33. The lowest BCUT2D eigenvalue weighted by Gasteiger charge is -2.10. The Balaban J connectivity index is 2.28. The van der Waals surface area contributed by atoms with E-state index in [-0.39, 0.29) is 28.0 Å². The lowest BCUT2D eigenvalue weighted by Crippen LogP contribution is -2.04. The van der Waals surface area contributed by atoms with Crippen molar-refractivity contribution in [1.29, 1.82) is 0 Å². The minimum absolute atomic E-state index is 0.0646. The molecular weight excluding hydrogens is 281 g/mol. The summed E-state index contributed by atoms with van der Waals surface area (Å²) in [6.45, 7) is 0.102. The number of rotatable bonds is 4. The first-order chi connectivity index (χ1) is 8.58. The molecular formula is C11H7Cl2NO4. The van der Waals surface area contributed by atoms with Crippen LogP contribution in [0.5, 0.6) is 5.75 Å². The van der Waals surface area contributed by atoms with Crippen molar-refractivity contribution < 1.29 is 19.2 Å². The van der Waals surface area contributed by atoms with E-state index >= 15 is 0 Å². The van der Waals surface area contributed by atoms with Gasteiger partial charge in [0.15, 0.2) is 5.75 Å². The summed E-state index contributed by atoms with van der Waals surface area (Å²) < 4.78 is 9.99. The zero-order valence-corrected chi connectivity index (χ0v) is 10.4. The molecule has 0 fully saturated rings. The van der Waals surface area contributed by atoms with Crippen LogP contribution in [-0.2, 0) is 6.61 Å². The summed E-state index contributed by atoms with van der Waals surface area (Å²) in [7, 11) is 0. The van der Waals surface area contributed by atoms with Crippen molar-refractivity contribution >= 4 is 29.2 Å². The first kappa shape index (κ1) is 12.7. The minimum Gasteiger partial charge on any atom is -0.486 e. The maximum atomic E-state index is 11.1. The van der Waals surface area contributed by atoms with Gasteiger partial charge in [-0.15, -0.1) is 0 Å². The first-order valence-electron chi connectivity index (χ1n) is 4.81. The van der Waals surface area contributed by atoms with E-state index in [0.29, 0.717) is 5.56 Å². The molecule has 0 spiro atoms. The third kappa shape index (κ3) is 2.75. The van der Waals surface area contributed by atoms with Crippen molar-refractivity contribution in [3.8, 4) is 5.75 Å². The minimum atomic E-state index is -1.17. The van der Waals surface area contributed by atoms with E-state index in [1.54, 1.807) is 0 Å². The van der Waals surface area contributed by atoms with Crippen molar-refractivity contribution in [3.63, 3.8) is 0 Å². The maximum absolute atomic E-state index is 11.1. The fourth-order valence-electron chi connectivity index (χ4n) is 1.32. The molecule has 1 aromatic carbocycles. The Morgan fingerprint density at radius 3 is 2.83 bits per heavy atom.